The zero-order valence-corrected chi connectivity index (χ0v) is 14.8. The number of amides is 1. The van der Waals surface area contributed by atoms with Gasteiger partial charge >= 0.3 is 0 Å². The monoisotopic (exact) mass is 346 g/mol. The minimum Gasteiger partial charge on any atom is -0.326 e. The summed E-state index contributed by atoms with van der Waals surface area (Å²) < 4.78 is 1.65. The first-order valence-corrected chi connectivity index (χ1v) is 8.77. The van der Waals surface area contributed by atoms with Crippen LogP contribution in [0.3, 0.4) is 0 Å². The molecule has 0 unspecified atom stereocenters. The van der Waals surface area contributed by atoms with Crippen molar-refractivity contribution in [2.75, 3.05) is 5.32 Å². The van der Waals surface area contributed by atoms with Gasteiger partial charge in [0.15, 0.2) is 0 Å². The fraction of sp³-hybridized carbons (Fsp3) is 0.182. The smallest absolute Gasteiger partial charge is 0.250 e. The molecule has 4 heteroatoms. The maximum atomic E-state index is 12.6. The lowest BCUT2D eigenvalue weighted by Gasteiger charge is -2.15. The fourth-order valence-corrected chi connectivity index (χ4v) is 2.97. The van der Waals surface area contributed by atoms with Crippen LogP contribution in [0.5, 0.6) is 0 Å². The molecular formula is C22H22N2O2. The third-order valence-electron chi connectivity index (χ3n) is 4.40. The number of nitrogens with zero attached hydrogens (tertiary/aromatic N) is 1. The summed E-state index contributed by atoms with van der Waals surface area (Å²) in [6, 6.07) is 22.5. The van der Waals surface area contributed by atoms with Crippen LogP contribution in [0.1, 0.15) is 30.4 Å². The molecule has 2 aromatic carbocycles. The molecule has 1 amide bonds. The quantitative estimate of drug-likeness (QED) is 0.733. The van der Waals surface area contributed by atoms with E-state index in [1.54, 1.807) is 22.9 Å². The average Bonchev–Trinajstić information content (AvgIpc) is 2.67. The van der Waals surface area contributed by atoms with Crippen LogP contribution < -0.4 is 10.9 Å². The van der Waals surface area contributed by atoms with E-state index in [2.05, 4.69) is 5.32 Å². The van der Waals surface area contributed by atoms with Gasteiger partial charge < -0.3 is 9.88 Å². The number of benzene rings is 2. The lowest BCUT2D eigenvalue weighted by atomic mass is 9.95. The third-order valence-corrected chi connectivity index (χ3v) is 4.40. The molecule has 0 saturated carbocycles. The van der Waals surface area contributed by atoms with Gasteiger partial charge in [0, 0.05) is 18.0 Å². The summed E-state index contributed by atoms with van der Waals surface area (Å²) in [4.78, 5) is 24.4. The third kappa shape index (κ3) is 4.28. The second kappa shape index (κ2) is 8.30. The number of nitrogens with one attached hydrogen (secondary N) is 1. The standard InChI is InChI=1S/C22H22N2O2/c1-2-20(18-8-4-3-5-9-18)22(26)23-19-13-11-17(12-14-19)16-24-15-7-6-10-21(24)25/h3-15,20H,2,16H2,1H3,(H,23,26)/t20-/m1/s1. The normalized spacial score (nSPS) is 11.7. The molecule has 0 aliphatic carbocycles. The minimum absolute atomic E-state index is 0.00858. The molecule has 0 bridgehead atoms. The molecule has 0 aliphatic rings. The van der Waals surface area contributed by atoms with E-state index in [9.17, 15) is 9.59 Å². The van der Waals surface area contributed by atoms with Crippen molar-refractivity contribution in [2.45, 2.75) is 25.8 Å². The molecule has 132 valence electrons. The molecular weight excluding hydrogens is 324 g/mol. The van der Waals surface area contributed by atoms with E-state index in [-0.39, 0.29) is 17.4 Å². The fourth-order valence-electron chi connectivity index (χ4n) is 2.97. The van der Waals surface area contributed by atoms with Crippen LogP contribution in [0.4, 0.5) is 5.69 Å². The highest BCUT2D eigenvalue weighted by Crippen LogP contribution is 2.21. The van der Waals surface area contributed by atoms with E-state index in [4.69, 9.17) is 0 Å². The number of rotatable bonds is 6. The van der Waals surface area contributed by atoms with Crippen LogP contribution in [0.15, 0.2) is 83.8 Å². The topological polar surface area (TPSA) is 51.1 Å². The van der Waals surface area contributed by atoms with E-state index in [1.807, 2.05) is 67.6 Å². The molecule has 3 rings (SSSR count). The summed E-state index contributed by atoms with van der Waals surface area (Å²) >= 11 is 0. The molecule has 4 nitrogen and oxygen atoms in total. The second-order valence-corrected chi connectivity index (χ2v) is 6.22. The van der Waals surface area contributed by atoms with E-state index in [0.717, 1.165) is 23.2 Å². The Labute approximate surface area is 153 Å². The number of carbonyl (C=O) groups is 1. The largest absolute Gasteiger partial charge is 0.326 e. The van der Waals surface area contributed by atoms with Gasteiger partial charge in [0.2, 0.25) is 5.91 Å². The van der Waals surface area contributed by atoms with Crippen LogP contribution in [0.2, 0.25) is 0 Å². The van der Waals surface area contributed by atoms with Crippen molar-refractivity contribution in [1.82, 2.24) is 4.57 Å². The highest BCUT2D eigenvalue weighted by atomic mass is 16.2. The van der Waals surface area contributed by atoms with Crippen LogP contribution in [-0.2, 0) is 11.3 Å². The SMILES string of the molecule is CC[C@@H](C(=O)Nc1ccc(Cn2ccccc2=O)cc1)c1ccccc1. The molecule has 1 atom stereocenters. The van der Waals surface area contributed by atoms with Crippen molar-refractivity contribution < 1.29 is 4.79 Å². The summed E-state index contributed by atoms with van der Waals surface area (Å²) in [7, 11) is 0. The average molecular weight is 346 g/mol. The summed E-state index contributed by atoms with van der Waals surface area (Å²) in [6.07, 6.45) is 2.51. The summed E-state index contributed by atoms with van der Waals surface area (Å²) in [5.41, 5.74) is 2.76. The van der Waals surface area contributed by atoms with E-state index in [1.165, 1.54) is 0 Å². The zero-order chi connectivity index (χ0) is 18.4. The number of hydrogen-bond donors (Lipinski definition) is 1. The molecule has 0 aliphatic heterocycles. The Balaban J connectivity index is 1.68. The molecule has 1 heterocycles. The van der Waals surface area contributed by atoms with Crippen molar-refractivity contribution in [3.8, 4) is 0 Å². The minimum atomic E-state index is -0.168. The zero-order valence-electron chi connectivity index (χ0n) is 14.8. The number of hydrogen-bond acceptors (Lipinski definition) is 2. The Morgan fingerprint density at radius 3 is 2.31 bits per heavy atom. The van der Waals surface area contributed by atoms with Gasteiger partial charge in [0.25, 0.3) is 5.56 Å². The van der Waals surface area contributed by atoms with Crippen molar-refractivity contribution in [3.63, 3.8) is 0 Å². The first kappa shape index (κ1) is 17.7. The molecule has 0 spiro atoms. The Bertz CT molecular complexity index is 915. The Morgan fingerprint density at radius 2 is 1.65 bits per heavy atom. The van der Waals surface area contributed by atoms with Gasteiger partial charge in [-0.05, 0) is 35.7 Å². The lowest BCUT2D eigenvalue weighted by Crippen LogP contribution is -2.21. The van der Waals surface area contributed by atoms with Crippen LogP contribution >= 0.6 is 0 Å². The number of carbonyl (C=O) groups excluding carboxylic acids is 1. The summed E-state index contributed by atoms with van der Waals surface area (Å²) in [5.74, 6) is -0.176. The molecule has 0 fully saturated rings. The molecule has 1 aromatic heterocycles. The summed E-state index contributed by atoms with van der Waals surface area (Å²) in [6.45, 7) is 2.52. The van der Waals surface area contributed by atoms with Crippen molar-refractivity contribution in [2.24, 2.45) is 0 Å². The highest BCUT2D eigenvalue weighted by molar-refractivity contribution is 5.95. The van der Waals surface area contributed by atoms with Gasteiger partial charge in [-0.3, -0.25) is 9.59 Å². The molecule has 3 aromatic rings. The second-order valence-electron chi connectivity index (χ2n) is 6.22. The van der Waals surface area contributed by atoms with Crippen molar-refractivity contribution >= 4 is 11.6 Å². The Morgan fingerprint density at radius 1 is 0.962 bits per heavy atom. The predicted molar refractivity (Wildman–Crippen MR) is 104 cm³/mol. The van der Waals surface area contributed by atoms with Crippen LogP contribution in [0, 0.1) is 0 Å². The van der Waals surface area contributed by atoms with Gasteiger partial charge in [-0.1, -0.05) is 55.5 Å². The van der Waals surface area contributed by atoms with Gasteiger partial charge in [0.1, 0.15) is 0 Å². The van der Waals surface area contributed by atoms with Gasteiger partial charge in [-0.2, -0.15) is 0 Å². The van der Waals surface area contributed by atoms with E-state index in [0.29, 0.717) is 6.54 Å². The van der Waals surface area contributed by atoms with Crippen molar-refractivity contribution in [1.29, 1.82) is 0 Å². The maximum absolute atomic E-state index is 12.6. The Kier molecular flexibility index (Phi) is 5.64. The van der Waals surface area contributed by atoms with Gasteiger partial charge in [0.05, 0.1) is 12.5 Å². The molecule has 1 N–H and O–H groups in total. The van der Waals surface area contributed by atoms with Crippen molar-refractivity contribution in [3.05, 3.63) is 100 Å². The van der Waals surface area contributed by atoms with Crippen LogP contribution in [0.25, 0.3) is 0 Å². The first-order valence-electron chi connectivity index (χ1n) is 8.77. The predicted octanol–water partition coefficient (Wildman–Crippen LogP) is 4.03. The van der Waals surface area contributed by atoms with Crippen LogP contribution in [-0.4, -0.2) is 10.5 Å². The van der Waals surface area contributed by atoms with E-state index >= 15 is 0 Å². The number of pyridine rings is 1. The highest BCUT2D eigenvalue weighted by Gasteiger charge is 2.18. The maximum Gasteiger partial charge on any atom is 0.250 e. The molecule has 0 saturated heterocycles. The van der Waals surface area contributed by atoms with Gasteiger partial charge in [-0.25, -0.2) is 0 Å². The Hall–Kier alpha value is -3.14. The van der Waals surface area contributed by atoms with Gasteiger partial charge in [-0.15, -0.1) is 0 Å². The molecule has 0 radical (unpaired) electrons. The number of anilines is 1. The first-order chi connectivity index (χ1) is 12.7. The number of aromatic nitrogens is 1. The lowest BCUT2D eigenvalue weighted by molar-refractivity contribution is -0.117. The molecule has 26 heavy (non-hydrogen) atoms. The van der Waals surface area contributed by atoms with E-state index < -0.39 is 0 Å². The summed E-state index contributed by atoms with van der Waals surface area (Å²) in [5, 5.41) is 2.99.